The number of aliphatic carboxylic acids is 1. The molecule has 0 radical (unpaired) electrons. The van der Waals surface area contributed by atoms with Crippen LogP contribution >= 0.6 is 0 Å². The van der Waals surface area contributed by atoms with Crippen molar-refractivity contribution in [2.75, 3.05) is 27.2 Å². The Balaban J connectivity index is 2.83. The molecule has 0 saturated carbocycles. The quantitative estimate of drug-likeness (QED) is 0.821. The van der Waals surface area contributed by atoms with E-state index in [1.165, 1.54) is 0 Å². The van der Waals surface area contributed by atoms with Crippen LogP contribution in [0.5, 0.6) is 0 Å². The van der Waals surface area contributed by atoms with Crippen molar-refractivity contribution >= 4 is 11.9 Å². The van der Waals surface area contributed by atoms with Crippen LogP contribution in [0.2, 0.25) is 0 Å². The maximum Gasteiger partial charge on any atom is 0.310 e. The van der Waals surface area contributed by atoms with Crippen molar-refractivity contribution in [3.8, 4) is 0 Å². The van der Waals surface area contributed by atoms with Crippen molar-refractivity contribution in [3.63, 3.8) is 0 Å². The van der Waals surface area contributed by atoms with Gasteiger partial charge < -0.3 is 10.0 Å². The monoisotopic (exact) mass is 270 g/mol. The van der Waals surface area contributed by atoms with Gasteiger partial charge >= 0.3 is 5.97 Å². The SMILES string of the molecule is CCCC1(C(=O)O)CCCN(C(C)C(=O)N(C)C)C1. The molecule has 0 spiro atoms. The summed E-state index contributed by atoms with van der Waals surface area (Å²) in [6.45, 7) is 5.17. The lowest BCUT2D eigenvalue weighted by atomic mass is 9.76. The van der Waals surface area contributed by atoms with E-state index in [2.05, 4.69) is 0 Å². The molecular formula is C14H26N2O3. The summed E-state index contributed by atoms with van der Waals surface area (Å²) >= 11 is 0. The number of piperidine rings is 1. The second-order valence-electron chi connectivity index (χ2n) is 5.82. The molecule has 1 fully saturated rings. The molecule has 1 aliphatic rings. The highest BCUT2D eigenvalue weighted by molar-refractivity contribution is 5.81. The lowest BCUT2D eigenvalue weighted by Gasteiger charge is -2.42. The smallest absolute Gasteiger partial charge is 0.310 e. The Morgan fingerprint density at radius 1 is 1.42 bits per heavy atom. The highest BCUT2D eigenvalue weighted by atomic mass is 16.4. The minimum atomic E-state index is -0.719. The molecule has 0 aromatic carbocycles. The third kappa shape index (κ3) is 3.47. The van der Waals surface area contributed by atoms with Gasteiger partial charge in [-0.15, -0.1) is 0 Å². The predicted molar refractivity (Wildman–Crippen MR) is 73.9 cm³/mol. The number of carbonyl (C=O) groups is 2. The molecule has 1 rings (SSSR count). The van der Waals surface area contributed by atoms with Crippen molar-refractivity contribution in [3.05, 3.63) is 0 Å². The predicted octanol–water partition coefficient (Wildman–Crippen LogP) is 1.43. The van der Waals surface area contributed by atoms with Crippen LogP contribution in [0.25, 0.3) is 0 Å². The summed E-state index contributed by atoms with van der Waals surface area (Å²) in [5.74, 6) is -0.679. The maximum absolute atomic E-state index is 12.0. The topological polar surface area (TPSA) is 60.9 Å². The van der Waals surface area contributed by atoms with Gasteiger partial charge in [0.2, 0.25) is 5.91 Å². The minimum absolute atomic E-state index is 0.0395. The van der Waals surface area contributed by atoms with E-state index in [1.807, 2.05) is 18.7 Å². The van der Waals surface area contributed by atoms with Crippen LogP contribution < -0.4 is 0 Å². The Bertz CT molecular complexity index is 340. The Kier molecular flexibility index (Phi) is 5.35. The van der Waals surface area contributed by atoms with Gasteiger partial charge in [0, 0.05) is 20.6 Å². The van der Waals surface area contributed by atoms with E-state index in [9.17, 15) is 14.7 Å². The zero-order valence-electron chi connectivity index (χ0n) is 12.5. The summed E-state index contributed by atoms with van der Waals surface area (Å²) in [5, 5.41) is 9.55. The van der Waals surface area contributed by atoms with Crippen molar-refractivity contribution in [2.45, 2.75) is 45.6 Å². The zero-order chi connectivity index (χ0) is 14.6. The van der Waals surface area contributed by atoms with E-state index < -0.39 is 11.4 Å². The summed E-state index contributed by atoms with van der Waals surface area (Å²) in [7, 11) is 3.47. The number of rotatable bonds is 5. The summed E-state index contributed by atoms with van der Waals surface area (Å²) in [5.41, 5.74) is -0.673. The molecule has 0 aromatic rings. The summed E-state index contributed by atoms with van der Waals surface area (Å²) in [4.78, 5) is 27.2. The van der Waals surface area contributed by atoms with E-state index in [4.69, 9.17) is 0 Å². The minimum Gasteiger partial charge on any atom is -0.481 e. The first kappa shape index (κ1) is 16.0. The van der Waals surface area contributed by atoms with Gasteiger partial charge in [0.1, 0.15) is 0 Å². The third-order valence-corrected chi connectivity index (χ3v) is 4.13. The molecule has 1 heterocycles. The van der Waals surface area contributed by atoms with Crippen LogP contribution in [0.1, 0.15) is 39.5 Å². The van der Waals surface area contributed by atoms with Gasteiger partial charge in [-0.05, 0) is 32.7 Å². The number of carbonyl (C=O) groups excluding carboxylic acids is 1. The van der Waals surface area contributed by atoms with Crippen LogP contribution in [0, 0.1) is 5.41 Å². The van der Waals surface area contributed by atoms with Crippen molar-refractivity contribution in [2.24, 2.45) is 5.41 Å². The Labute approximate surface area is 115 Å². The van der Waals surface area contributed by atoms with Gasteiger partial charge in [0.15, 0.2) is 0 Å². The number of likely N-dealkylation sites (N-methyl/N-ethyl adjacent to an activating group) is 1. The van der Waals surface area contributed by atoms with Crippen LogP contribution in [-0.2, 0) is 9.59 Å². The lowest BCUT2D eigenvalue weighted by molar-refractivity contribution is -0.155. The molecule has 19 heavy (non-hydrogen) atoms. The number of hydrogen-bond acceptors (Lipinski definition) is 3. The Hall–Kier alpha value is -1.10. The number of carboxylic acid groups (broad SMARTS) is 1. The third-order valence-electron chi connectivity index (χ3n) is 4.13. The van der Waals surface area contributed by atoms with Crippen LogP contribution in [-0.4, -0.2) is 60.0 Å². The first-order chi connectivity index (χ1) is 8.84. The fraction of sp³-hybridized carbons (Fsp3) is 0.857. The highest BCUT2D eigenvalue weighted by Crippen LogP contribution is 2.35. The first-order valence-electron chi connectivity index (χ1n) is 7.02. The standard InChI is InChI=1S/C14H26N2O3/c1-5-7-14(13(18)19)8-6-9-16(10-14)11(2)12(17)15(3)4/h11H,5-10H2,1-4H3,(H,18,19). The lowest BCUT2D eigenvalue weighted by Crippen LogP contribution is -2.54. The van der Waals surface area contributed by atoms with Gasteiger partial charge in [0.25, 0.3) is 0 Å². The van der Waals surface area contributed by atoms with Gasteiger partial charge in [0.05, 0.1) is 11.5 Å². The van der Waals surface area contributed by atoms with Crippen LogP contribution in [0.3, 0.4) is 0 Å². The fourth-order valence-electron chi connectivity index (χ4n) is 2.99. The van der Waals surface area contributed by atoms with E-state index in [1.54, 1.807) is 19.0 Å². The fourth-order valence-corrected chi connectivity index (χ4v) is 2.99. The van der Waals surface area contributed by atoms with E-state index in [-0.39, 0.29) is 11.9 Å². The maximum atomic E-state index is 12.0. The van der Waals surface area contributed by atoms with E-state index >= 15 is 0 Å². The normalized spacial score (nSPS) is 25.9. The molecular weight excluding hydrogens is 244 g/mol. The zero-order valence-corrected chi connectivity index (χ0v) is 12.5. The summed E-state index contributed by atoms with van der Waals surface area (Å²) < 4.78 is 0. The van der Waals surface area contributed by atoms with Crippen molar-refractivity contribution < 1.29 is 14.7 Å². The van der Waals surface area contributed by atoms with Crippen molar-refractivity contribution in [1.82, 2.24) is 9.80 Å². The molecule has 5 nitrogen and oxygen atoms in total. The Morgan fingerprint density at radius 3 is 2.53 bits per heavy atom. The largest absolute Gasteiger partial charge is 0.481 e. The molecule has 0 aliphatic carbocycles. The number of carboxylic acids is 1. The molecule has 2 unspecified atom stereocenters. The second-order valence-corrected chi connectivity index (χ2v) is 5.82. The molecule has 0 aromatic heterocycles. The summed E-state index contributed by atoms with van der Waals surface area (Å²) in [6.07, 6.45) is 3.10. The molecule has 5 heteroatoms. The number of amides is 1. The first-order valence-corrected chi connectivity index (χ1v) is 7.02. The molecule has 1 aliphatic heterocycles. The molecule has 1 saturated heterocycles. The van der Waals surface area contributed by atoms with Gasteiger partial charge in [-0.2, -0.15) is 0 Å². The van der Waals surface area contributed by atoms with E-state index in [0.29, 0.717) is 13.0 Å². The van der Waals surface area contributed by atoms with Gasteiger partial charge in [-0.3, -0.25) is 14.5 Å². The van der Waals surface area contributed by atoms with Crippen LogP contribution in [0.4, 0.5) is 0 Å². The number of nitrogens with zero attached hydrogens (tertiary/aromatic N) is 2. The molecule has 110 valence electrons. The number of hydrogen-bond donors (Lipinski definition) is 1. The van der Waals surface area contributed by atoms with E-state index in [0.717, 1.165) is 25.8 Å². The highest BCUT2D eigenvalue weighted by Gasteiger charge is 2.43. The van der Waals surface area contributed by atoms with Crippen LogP contribution in [0.15, 0.2) is 0 Å². The van der Waals surface area contributed by atoms with Gasteiger partial charge in [-0.25, -0.2) is 0 Å². The average Bonchev–Trinajstić information content (AvgIpc) is 2.37. The average molecular weight is 270 g/mol. The second kappa shape index (κ2) is 6.37. The molecule has 2 atom stereocenters. The molecule has 0 bridgehead atoms. The summed E-state index contributed by atoms with van der Waals surface area (Å²) in [6, 6.07) is -0.245. The Morgan fingerprint density at radius 2 is 2.05 bits per heavy atom. The van der Waals surface area contributed by atoms with Gasteiger partial charge in [-0.1, -0.05) is 13.3 Å². The number of likely N-dealkylation sites (tertiary alicyclic amines) is 1. The van der Waals surface area contributed by atoms with Crippen molar-refractivity contribution in [1.29, 1.82) is 0 Å². The molecule has 1 N–H and O–H groups in total. The molecule has 1 amide bonds.